The van der Waals surface area contributed by atoms with E-state index in [9.17, 15) is 27.9 Å². The van der Waals surface area contributed by atoms with Crippen LogP contribution >= 0.6 is 0 Å². The van der Waals surface area contributed by atoms with Gasteiger partial charge in [0.25, 0.3) is 5.91 Å². The molecule has 3 aromatic carbocycles. The number of halogens is 3. The Morgan fingerprint density at radius 1 is 1.00 bits per heavy atom. The van der Waals surface area contributed by atoms with E-state index in [-0.39, 0.29) is 17.9 Å². The number of nitrogens with one attached hydrogen (secondary N) is 1. The first-order valence-corrected chi connectivity index (χ1v) is 10.6. The van der Waals surface area contributed by atoms with Crippen LogP contribution < -0.4 is 10.1 Å². The Balaban J connectivity index is 1.98. The summed E-state index contributed by atoms with van der Waals surface area (Å²) in [5.41, 5.74) is 0.0417. The van der Waals surface area contributed by atoms with Gasteiger partial charge in [-0.1, -0.05) is 56.7 Å². The summed E-state index contributed by atoms with van der Waals surface area (Å²) >= 11 is 0. The zero-order valence-corrected chi connectivity index (χ0v) is 19.3. The zero-order valence-electron chi connectivity index (χ0n) is 19.3. The van der Waals surface area contributed by atoms with Gasteiger partial charge in [0.2, 0.25) is 0 Å². The maximum absolute atomic E-state index is 13.1. The Bertz CT molecular complexity index is 1210. The number of aryl methyl sites for hydroxylation is 1. The Morgan fingerprint density at radius 2 is 1.62 bits per heavy atom. The van der Waals surface area contributed by atoms with Crippen LogP contribution in [0.3, 0.4) is 0 Å². The number of carboxylic acid groups (broad SMARTS) is 1. The first-order chi connectivity index (χ1) is 15.8. The van der Waals surface area contributed by atoms with Gasteiger partial charge < -0.3 is 15.2 Å². The molecule has 0 aliphatic heterocycles. The summed E-state index contributed by atoms with van der Waals surface area (Å²) in [5, 5.41) is 13.6. The largest absolute Gasteiger partial charge is 0.487 e. The Morgan fingerprint density at radius 3 is 2.18 bits per heavy atom. The third-order valence-electron chi connectivity index (χ3n) is 5.43. The highest BCUT2D eigenvalue weighted by Gasteiger charge is 2.34. The van der Waals surface area contributed by atoms with Crippen molar-refractivity contribution in [3.8, 4) is 5.75 Å². The molecule has 0 heterocycles. The Hall–Kier alpha value is -3.55. The average Bonchev–Trinajstić information content (AvgIpc) is 2.74. The van der Waals surface area contributed by atoms with Crippen molar-refractivity contribution >= 4 is 22.6 Å². The van der Waals surface area contributed by atoms with E-state index < -0.39 is 35.1 Å². The predicted molar refractivity (Wildman–Crippen MR) is 123 cm³/mol. The van der Waals surface area contributed by atoms with Crippen molar-refractivity contribution in [2.45, 2.75) is 46.5 Å². The molecule has 0 aliphatic rings. The molecule has 0 aliphatic carbocycles. The minimum atomic E-state index is -4.44. The first kappa shape index (κ1) is 25.1. The molecular weight excluding hydrogens is 447 g/mol. The van der Waals surface area contributed by atoms with Crippen LogP contribution in [0.2, 0.25) is 0 Å². The number of hydrogen-bond donors (Lipinski definition) is 2. The molecule has 0 aromatic heterocycles. The van der Waals surface area contributed by atoms with Crippen LogP contribution in [-0.4, -0.2) is 23.0 Å². The van der Waals surface area contributed by atoms with Crippen molar-refractivity contribution in [2.75, 3.05) is 0 Å². The maximum Gasteiger partial charge on any atom is 0.416 e. The third-order valence-corrected chi connectivity index (χ3v) is 5.43. The van der Waals surface area contributed by atoms with E-state index in [0.29, 0.717) is 10.9 Å². The van der Waals surface area contributed by atoms with Crippen LogP contribution in [0, 0.1) is 12.3 Å². The van der Waals surface area contributed by atoms with Crippen molar-refractivity contribution in [3.05, 3.63) is 76.9 Å². The standard InChI is InChI=1S/C26H26F3NO4/c1-15-5-8-17-9-12-19(23(31)30-22(24(32)33)25(2,3)4)21(20(17)13-15)34-14-16-6-10-18(11-7-16)26(27,28)29/h5-13,22H,14H2,1-4H3,(H,30,31)(H,32,33)/t22-/m0/s1. The molecule has 180 valence electrons. The van der Waals surface area contributed by atoms with Crippen LogP contribution in [0.15, 0.2) is 54.6 Å². The molecule has 0 saturated heterocycles. The maximum atomic E-state index is 13.1. The molecule has 5 nitrogen and oxygen atoms in total. The van der Waals surface area contributed by atoms with Crippen molar-refractivity contribution in [3.63, 3.8) is 0 Å². The second-order valence-electron chi connectivity index (χ2n) is 9.26. The van der Waals surface area contributed by atoms with Crippen molar-refractivity contribution in [2.24, 2.45) is 5.41 Å². The van der Waals surface area contributed by atoms with E-state index in [1.807, 2.05) is 25.1 Å². The molecule has 1 atom stereocenters. The second-order valence-corrected chi connectivity index (χ2v) is 9.26. The molecule has 0 fully saturated rings. The molecule has 1 amide bonds. The minimum absolute atomic E-state index is 0.0763. The van der Waals surface area contributed by atoms with E-state index >= 15 is 0 Å². The van der Waals surface area contributed by atoms with Gasteiger partial charge >= 0.3 is 12.1 Å². The summed E-state index contributed by atoms with van der Waals surface area (Å²) in [6.07, 6.45) is -4.44. The number of hydrogen-bond acceptors (Lipinski definition) is 3. The lowest BCUT2D eigenvalue weighted by atomic mass is 9.86. The van der Waals surface area contributed by atoms with Gasteiger partial charge in [-0.05, 0) is 47.6 Å². The summed E-state index contributed by atoms with van der Waals surface area (Å²) in [6.45, 7) is 6.92. The first-order valence-electron chi connectivity index (χ1n) is 10.6. The summed E-state index contributed by atoms with van der Waals surface area (Å²) < 4.78 is 44.5. The Kier molecular flexibility index (Phi) is 6.91. The highest BCUT2D eigenvalue weighted by Crippen LogP contribution is 2.33. The van der Waals surface area contributed by atoms with Gasteiger partial charge in [-0.15, -0.1) is 0 Å². The fourth-order valence-corrected chi connectivity index (χ4v) is 3.54. The lowest BCUT2D eigenvalue weighted by Gasteiger charge is -2.28. The van der Waals surface area contributed by atoms with E-state index in [2.05, 4.69) is 5.32 Å². The number of benzene rings is 3. The molecule has 0 spiro atoms. The predicted octanol–water partition coefficient (Wildman–Crippen LogP) is 5.98. The Labute approximate surface area is 195 Å². The van der Waals surface area contributed by atoms with Crippen LogP contribution in [-0.2, 0) is 17.6 Å². The fourth-order valence-electron chi connectivity index (χ4n) is 3.54. The van der Waals surface area contributed by atoms with E-state index in [4.69, 9.17) is 4.74 Å². The van der Waals surface area contributed by atoms with E-state index in [1.54, 1.807) is 32.9 Å². The van der Waals surface area contributed by atoms with Crippen LogP contribution in [0.25, 0.3) is 10.8 Å². The molecule has 8 heteroatoms. The van der Waals surface area contributed by atoms with Gasteiger partial charge in [-0.25, -0.2) is 4.79 Å². The number of aliphatic carboxylic acids is 1. The molecular formula is C26H26F3NO4. The molecule has 0 bridgehead atoms. The smallest absolute Gasteiger partial charge is 0.416 e. The number of rotatable bonds is 6. The molecule has 0 saturated carbocycles. The molecule has 0 unspecified atom stereocenters. The summed E-state index contributed by atoms with van der Waals surface area (Å²) in [4.78, 5) is 24.9. The number of alkyl halides is 3. The van der Waals surface area contributed by atoms with Gasteiger partial charge in [0, 0.05) is 5.39 Å². The van der Waals surface area contributed by atoms with Gasteiger partial charge in [-0.3, -0.25) is 4.79 Å². The lowest BCUT2D eigenvalue weighted by Crippen LogP contribution is -2.49. The number of carbonyl (C=O) groups excluding carboxylic acids is 1. The second kappa shape index (κ2) is 9.37. The molecule has 34 heavy (non-hydrogen) atoms. The number of fused-ring (bicyclic) bond motifs is 1. The SMILES string of the molecule is Cc1ccc2ccc(C(=O)N[C@@H](C(=O)O)C(C)(C)C)c(OCc3ccc(C(F)(F)F)cc3)c2c1. The average molecular weight is 473 g/mol. The van der Waals surface area contributed by atoms with E-state index in [0.717, 1.165) is 23.1 Å². The monoisotopic (exact) mass is 473 g/mol. The highest BCUT2D eigenvalue weighted by atomic mass is 19.4. The lowest BCUT2D eigenvalue weighted by molar-refractivity contribution is -0.142. The van der Waals surface area contributed by atoms with Crippen molar-refractivity contribution in [1.29, 1.82) is 0 Å². The number of carboxylic acids is 1. The normalized spacial score (nSPS) is 12.9. The molecule has 3 rings (SSSR count). The summed E-state index contributed by atoms with van der Waals surface area (Å²) in [7, 11) is 0. The van der Waals surface area contributed by atoms with Crippen LogP contribution in [0.4, 0.5) is 13.2 Å². The highest BCUT2D eigenvalue weighted by molar-refractivity contribution is 6.05. The number of amides is 1. The number of ether oxygens (including phenoxy) is 1. The molecule has 3 aromatic rings. The van der Waals surface area contributed by atoms with Crippen LogP contribution in [0.1, 0.15) is 47.8 Å². The molecule has 2 N–H and O–H groups in total. The van der Waals surface area contributed by atoms with Gasteiger partial charge in [0.1, 0.15) is 18.4 Å². The van der Waals surface area contributed by atoms with Crippen LogP contribution in [0.5, 0.6) is 5.75 Å². The van der Waals surface area contributed by atoms with Gasteiger partial charge in [0.15, 0.2) is 0 Å². The zero-order chi connectivity index (χ0) is 25.3. The van der Waals surface area contributed by atoms with Gasteiger partial charge in [-0.2, -0.15) is 13.2 Å². The fraction of sp³-hybridized carbons (Fsp3) is 0.308. The number of carbonyl (C=O) groups is 2. The van der Waals surface area contributed by atoms with Crippen molar-refractivity contribution in [1.82, 2.24) is 5.32 Å². The molecule has 0 radical (unpaired) electrons. The van der Waals surface area contributed by atoms with Crippen molar-refractivity contribution < 1.29 is 32.6 Å². The van der Waals surface area contributed by atoms with E-state index in [1.165, 1.54) is 12.1 Å². The minimum Gasteiger partial charge on any atom is -0.487 e. The van der Waals surface area contributed by atoms with Gasteiger partial charge in [0.05, 0.1) is 11.1 Å². The summed E-state index contributed by atoms with van der Waals surface area (Å²) in [5.74, 6) is -1.55. The topological polar surface area (TPSA) is 75.6 Å². The summed E-state index contributed by atoms with van der Waals surface area (Å²) in [6, 6.07) is 12.3. The quantitative estimate of drug-likeness (QED) is 0.462. The third kappa shape index (κ3) is 5.68.